The summed E-state index contributed by atoms with van der Waals surface area (Å²) in [6, 6.07) is 0. The van der Waals surface area contributed by atoms with Gasteiger partial charge in [0.15, 0.2) is 6.10 Å². The normalized spacial score (nSPS) is 13.3. The van der Waals surface area contributed by atoms with E-state index in [2.05, 4.69) is 160 Å². The first kappa shape index (κ1) is 67.8. The number of aliphatic hydroxyl groups excluding tert-OH is 1. The largest absolute Gasteiger partial charge is 0.462 e. The van der Waals surface area contributed by atoms with Gasteiger partial charge in [-0.25, -0.2) is 0 Å². The van der Waals surface area contributed by atoms with Gasteiger partial charge in [-0.15, -0.1) is 0 Å². The molecule has 0 fully saturated rings. The Bertz CT molecular complexity index is 1540. The van der Waals surface area contributed by atoms with E-state index in [0.29, 0.717) is 12.8 Å². The first-order chi connectivity index (χ1) is 35.6. The van der Waals surface area contributed by atoms with Crippen molar-refractivity contribution in [2.45, 2.75) is 251 Å². The third-order valence-corrected chi connectivity index (χ3v) is 12.1. The minimum absolute atomic E-state index is 0.0785. The number of carbonyl (C=O) groups is 2. The monoisotopic (exact) mass is 993 g/mol. The second-order valence-electron chi connectivity index (χ2n) is 19.0. The molecule has 0 spiro atoms. The van der Waals surface area contributed by atoms with Crippen LogP contribution in [0.3, 0.4) is 0 Å². The molecule has 1 N–H and O–H groups in total. The number of carbonyl (C=O) groups excluding carboxylic acids is 2. The number of allylic oxidation sites excluding steroid dienone is 24. The summed E-state index contributed by atoms with van der Waals surface area (Å²) in [6.07, 6.45) is 92.5. The van der Waals surface area contributed by atoms with Crippen LogP contribution < -0.4 is 0 Å². The zero-order valence-electron chi connectivity index (χ0n) is 46.4. The molecule has 0 aliphatic carbocycles. The highest BCUT2D eigenvalue weighted by Crippen LogP contribution is 2.14. The molecule has 0 aromatic heterocycles. The third-order valence-electron chi connectivity index (χ3n) is 12.1. The first-order valence-electron chi connectivity index (χ1n) is 29.4. The van der Waals surface area contributed by atoms with E-state index in [4.69, 9.17) is 9.47 Å². The molecule has 0 amide bonds. The number of esters is 2. The Kier molecular flexibility index (Phi) is 57.5. The smallest absolute Gasteiger partial charge is 0.306 e. The van der Waals surface area contributed by atoms with Crippen LogP contribution in [0.2, 0.25) is 0 Å². The molecule has 0 aromatic rings. The van der Waals surface area contributed by atoms with Crippen LogP contribution >= 0.6 is 0 Å². The van der Waals surface area contributed by atoms with Crippen molar-refractivity contribution in [3.8, 4) is 0 Å². The van der Waals surface area contributed by atoms with Gasteiger partial charge in [0, 0.05) is 12.8 Å². The third kappa shape index (κ3) is 58.4. The number of aliphatic hydroxyl groups is 1. The number of ether oxygens (including phenoxy) is 2. The van der Waals surface area contributed by atoms with Gasteiger partial charge in [0.25, 0.3) is 0 Å². The Hall–Kier alpha value is -4.22. The number of unbranched alkanes of at least 4 members (excludes halogenated alkanes) is 20. The van der Waals surface area contributed by atoms with E-state index in [9.17, 15) is 14.7 Å². The minimum atomic E-state index is -0.787. The van der Waals surface area contributed by atoms with Gasteiger partial charge in [0.1, 0.15) is 6.61 Å². The highest BCUT2D eigenvalue weighted by Gasteiger charge is 2.16. The van der Waals surface area contributed by atoms with Gasteiger partial charge in [0.2, 0.25) is 0 Å². The van der Waals surface area contributed by atoms with Crippen LogP contribution in [0, 0.1) is 0 Å². The summed E-state index contributed by atoms with van der Waals surface area (Å²) in [6.45, 7) is 3.99. The fourth-order valence-electron chi connectivity index (χ4n) is 7.73. The van der Waals surface area contributed by atoms with Gasteiger partial charge in [0.05, 0.1) is 6.61 Å². The average Bonchev–Trinajstić information content (AvgIpc) is 3.38. The zero-order chi connectivity index (χ0) is 52.0. The van der Waals surface area contributed by atoms with Gasteiger partial charge in [-0.1, -0.05) is 256 Å². The molecule has 0 aliphatic heterocycles. The van der Waals surface area contributed by atoms with E-state index in [-0.39, 0.29) is 25.2 Å². The average molecular weight is 994 g/mol. The van der Waals surface area contributed by atoms with E-state index in [0.717, 1.165) is 116 Å². The molecule has 1 unspecified atom stereocenters. The van der Waals surface area contributed by atoms with E-state index in [1.165, 1.54) is 103 Å². The molecule has 72 heavy (non-hydrogen) atoms. The van der Waals surface area contributed by atoms with Gasteiger partial charge >= 0.3 is 11.9 Å². The summed E-state index contributed by atoms with van der Waals surface area (Å²) in [5, 5.41) is 9.64. The maximum atomic E-state index is 12.3. The molecule has 0 aromatic carbocycles. The fraction of sp³-hybridized carbons (Fsp3) is 0.612. The molecule has 5 heteroatoms. The van der Waals surface area contributed by atoms with Gasteiger partial charge in [-0.05, 0) is 122 Å². The Morgan fingerprint density at radius 3 is 0.903 bits per heavy atom. The van der Waals surface area contributed by atoms with Crippen molar-refractivity contribution in [1.29, 1.82) is 0 Å². The lowest BCUT2D eigenvalue weighted by Crippen LogP contribution is -2.28. The summed E-state index contributed by atoms with van der Waals surface area (Å²) in [7, 11) is 0. The van der Waals surface area contributed by atoms with E-state index in [1.807, 2.05) is 0 Å². The van der Waals surface area contributed by atoms with Gasteiger partial charge in [-0.2, -0.15) is 0 Å². The molecule has 1 atom stereocenters. The Morgan fingerprint density at radius 2 is 0.597 bits per heavy atom. The second-order valence-corrected chi connectivity index (χ2v) is 19.0. The maximum Gasteiger partial charge on any atom is 0.306 e. The topological polar surface area (TPSA) is 72.8 Å². The number of rotatable bonds is 52. The molecule has 5 nitrogen and oxygen atoms in total. The van der Waals surface area contributed by atoms with Crippen molar-refractivity contribution in [3.63, 3.8) is 0 Å². The first-order valence-corrected chi connectivity index (χ1v) is 29.4. The standard InChI is InChI=1S/C67H108O5/c1-3-5-7-9-11-13-15-17-19-21-22-23-24-25-26-27-28-29-30-31-32-33-34-35-36-37-38-39-40-41-42-43-44-46-48-50-52-54-56-58-60-62-67(70)72-65(63-68)64-71-66(69)61-59-57-55-53-51-49-47-45-20-18-16-14-12-10-8-6-4-2/h5,7,11-14,17-20,22-23,25-26,28-29,31-32,34-35,37-38,40-41,65,68H,3-4,6,8-10,15-16,21,24,27,30,33,36,39,42-64H2,1-2H3/b7-5-,13-11-,14-12-,19-17-,20-18-,23-22-,26-25-,29-28-,32-31-,35-34-,38-37-,41-40-. The Labute approximate surface area is 444 Å². The lowest BCUT2D eigenvalue weighted by atomic mass is 10.0. The molecular formula is C67H108O5. The minimum Gasteiger partial charge on any atom is -0.462 e. The maximum absolute atomic E-state index is 12.3. The zero-order valence-corrected chi connectivity index (χ0v) is 46.4. The van der Waals surface area contributed by atoms with E-state index >= 15 is 0 Å². The van der Waals surface area contributed by atoms with Crippen molar-refractivity contribution in [2.75, 3.05) is 13.2 Å². The van der Waals surface area contributed by atoms with Crippen LogP contribution in [-0.2, 0) is 19.1 Å². The number of hydrogen-bond donors (Lipinski definition) is 1. The highest BCUT2D eigenvalue weighted by molar-refractivity contribution is 5.70. The van der Waals surface area contributed by atoms with Crippen molar-refractivity contribution in [3.05, 3.63) is 146 Å². The molecule has 0 rings (SSSR count). The summed E-state index contributed by atoms with van der Waals surface area (Å²) in [4.78, 5) is 24.5. The van der Waals surface area contributed by atoms with E-state index < -0.39 is 6.10 Å². The van der Waals surface area contributed by atoms with Crippen LogP contribution in [0.5, 0.6) is 0 Å². The quantitative estimate of drug-likeness (QED) is 0.0373. The van der Waals surface area contributed by atoms with E-state index in [1.54, 1.807) is 0 Å². The van der Waals surface area contributed by atoms with Gasteiger partial charge in [-0.3, -0.25) is 9.59 Å². The van der Waals surface area contributed by atoms with Crippen LogP contribution in [0.4, 0.5) is 0 Å². The Balaban J connectivity index is 3.59. The van der Waals surface area contributed by atoms with Crippen LogP contribution in [0.1, 0.15) is 245 Å². The van der Waals surface area contributed by atoms with Crippen LogP contribution in [-0.4, -0.2) is 36.4 Å². The summed E-state index contributed by atoms with van der Waals surface area (Å²) < 4.78 is 10.7. The summed E-state index contributed by atoms with van der Waals surface area (Å²) >= 11 is 0. The molecule has 0 bridgehead atoms. The van der Waals surface area contributed by atoms with Crippen molar-refractivity contribution >= 4 is 11.9 Å². The van der Waals surface area contributed by atoms with Crippen molar-refractivity contribution in [2.24, 2.45) is 0 Å². The van der Waals surface area contributed by atoms with Crippen molar-refractivity contribution in [1.82, 2.24) is 0 Å². The highest BCUT2D eigenvalue weighted by atomic mass is 16.6. The molecule has 0 aliphatic rings. The van der Waals surface area contributed by atoms with Crippen LogP contribution in [0.15, 0.2) is 146 Å². The molecule has 0 radical (unpaired) electrons. The van der Waals surface area contributed by atoms with Gasteiger partial charge < -0.3 is 14.6 Å². The number of hydrogen-bond acceptors (Lipinski definition) is 5. The lowest BCUT2D eigenvalue weighted by Gasteiger charge is -2.15. The molecule has 0 saturated heterocycles. The fourth-order valence-corrected chi connectivity index (χ4v) is 7.73. The molecular weight excluding hydrogens is 885 g/mol. The molecule has 406 valence electrons. The van der Waals surface area contributed by atoms with Crippen molar-refractivity contribution < 1.29 is 24.2 Å². The predicted molar refractivity (Wildman–Crippen MR) is 315 cm³/mol. The predicted octanol–water partition coefficient (Wildman–Crippen LogP) is 20.2. The SMILES string of the molecule is CC/C=C\C/C=C\C/C=C\C/C=C\C/C=C\C/C=C\C/C=C\C/C=C\C/C=C\C/C=C\CCCCCCCCCCCCC(=O)OC(CO)COC(=O)CCCCCCCCC/C=C\C/C=C\CCCCC. The second kappa shape index (κ2) is 61.1. The van der Waals surface area contributed by atoms with Crippen LogP contribution in [0.25, 0.3) is 0 Å². The molecule has 0 heterocycles. The Morgan fingerprint density at radius 1 is 0.333 bits per heavy atom. The summed E-state index contributed by atoms with van der Waals surface area (Å²) in [5.74, 6) is -0.610. The molecule has 0 saturated carbocycles. The summed E-state index contributed by atoms with van der Waals surface area (Å²) in [5.41, 5.74) is 0. The lowest BCUT2D eigenvalue weighted by molar-refractivity contribution is -0.161.